The van der Waals surface area contributed by atoms with Crippen LogP contribution >= 0.6 is 0 Å². The van der Waals surface area contributed by atoms with E-state index in [2.05, 4.69) is 15.2 Å². The fourth-order valence-corrected chi connectivity index (χ4v) is 4.87. The van der Waals surface area contributed by atoms with Crippen LogP contribution < -0.4 is 5.56 Å². The first kappa shape index (κ1) is 19.5. The monoisotopic (exact) mass is 411 g/mol. The van der Waals surface area contributed by atoms with Gasteiger partial charge in [0.2, 0.25) is 0 Å². The number of aryl methyl sites for hydroxylation is 3. The summed E-state index contributed by atoms with van der Waals surface area (Å²) in [5, 5.41) is 8.70. The van der Waals surface area contributed by atoms with Crippen molar-refractivity contribution in [1.29, 1.82) is 0 Å². The summed E-state index contributed by atoms with van der Waals surface area (Å²) in [6, 6.07) is 1.77. The molecule has 30 heavy (non-hydrogen) atoms. The van der Waals surface area contributed by atoms with Gasteiger partial charge in [0.15, 0.2) is 5.69 Å². The zero-order valence-electron chi connectivity index (χ0n) is 17.4. The highest BCUT2D eigenvalue weighted by Gasteiger charge is 2.29. The number of nitrogens with zero attached hydrogens (tertiary/aromatic N) is 5. The van der Waals surface area contributed by atoms with Crippen LogP contribution in [-0.4, -0.2) is 63.4 Å². The van der Waals surface area contributed by atoms with Gasteiger partial charge in [-0.25, -0.2) is 4.68 Å². The highest BCUT2D eigenvalue weighted by molar-refractivity contribution is 5.94. The first-order valence-electron chi connectivity index (χ1n) is 11.3. The molecule has 2 aliphatic carbocycles. The average Bonchev–Trinajstić information content (AvgIpc) is 3.22. The van der Waals surface area contributed by atoms with Crippen molar-refractivity contribution in [3.63, 3.8) is 0 Å². The Labute approximate surface area is 175 Å². The largest absolute Gasteiger partial charge is 0.360 e. The molecule has 1 amide bonds. The minimum Gasteiger partial charge on any atom is -0.360 e. The van der Waals surface area contributed by atoms with Gasteiger partial charge in [-0.2, -0.15) is 5.10 Å². The lowest BCUT2D eigenvalue weighted by molar-refractivity contribution is 0.0620. The van der Waals surface area contributed by atoms with E-state index in [1.54, 1.807) is 10.7 Å². The quantitative estimate of drug-likeness (QED) is 0.757. The van der Waals surface area contributed by atoms with E-state index in [1.807, 2.05) is 4.90 Å². The first-order valence-corrected chi connectivity index (χ1v) is 11.3. The molecule has 160 valence electrons. The van der Waals surface area contributed by atoms with Crippen molar-refractivity contribution < 1.29 is 9.32 Å². The highest BCUT2D eigenvalue weighted by atomic mass is 16.5. The molecule has 5 rings (SSSR count). The predicted molar refractivity (Wildman–Crippen MR) is 111 cm³/mol. The molecule has 3 aliphatic rings. The van der Waals surface area contributed by atoms with Gasteiger partial charge in [-0.3, -0.25) is 14.5 Å². The summed E-state index contributed by atoms with van der Waals surface area (Å²) < 4.78 is 7.03. The van der Waals surface area contributed by atoms with Crippen molar-refractivity contribution in [1.82, 2.24) is 24.7 Å². The summed E-state index contributed by atoms with van der Waals surface area (Å²) in [4.78, 5) is 29.5. The van der Waals surface area contributed by atoms with E-state index >= 15 is 0 Å². The third kappa shape index (κ3) is 3.80. The zero-order valence-corrected chi connectivity index (χ0v) is 17.4. The Morgan fingerprint density at radius 3 is 2.60 bits per heavy atom. The number of rotatable bonds is 4. The smallest absolute Gasteiger partial charge is 0.276 e. The maximum atomic E-state index is 12.9. The van der Waals surface area contributed by atoms with Crippen LogP contribution in [0.5, 0.6) is 0 Å². The molecule has 0 spiro atoms. The number of carbonyl (C=O) groups is 1. The maximum Gasteiger partial charge on any atom is 0.276 e. The molecule has 0 atom stereocenters. The molecule has 1 saturated heterocycles. The normalized spacial score (nSPS) is 19.4. The minimum absolute atomic E-state index is 0.000250. The summed E-state index contributed by atoms with van der Waals surface area (Å²) >= 11 is 0. The lowest BCUT2D eigenvalue weighted by Gasteiger charge is -2.34. The van der Waals surface area contributed by atoms with Crippen molar-refractivity contribution >= 4 is 5.91 Å². The summed E-state index contributed by atoms with van der Waals surface area (Å²) in [7, 11) is 0. The molecule has 1 aliphatic heterocycles. The third-order valence-corrected chi connectivity index (χ3v) is 6.71. The Kier molecular flexibility index (Phi) is 5.41. The second-order valence-electron chi connectivity index (χ2n) is 8.66. The molecular weight excluding hydrogens is 382 g/mol. The van der Waals surface area contributed by atoms with Crippen LogP contribution in [0.25, 0.3) is 0 Å². The van der Waals surface area contributed by atoms with E-state index in [9.17, 15) is 9.59 Å². The fraction of sp³-hybridized carbons (Fsp3) is 0.636. The van der Waals surface area contributed by atoms with Gasteiger partial charge in [0.1, 0.15) is 5.76 Å². The molecule has 8 nitrogen and oxygen atoms in total. The van der Waals surface area contributed by atoms with Crippen molar-refractivity contribution in [3.05, 3.63) is 44.7 Å². The van der Waals surface area contributed by atoms with E-state index in [-0.39, 0.29) is 11.5 Å². The second-order valence-corrected chi connectivity index (χ2v) is 8.66. The summed E-state index contributed by atoms with van der Waals surface area (Å²) in [6.07, 6.45) is 8.24. The van der Waals surface area contributed by atoms with Crippen molar-refractivity contribution in [3.8, 4) is 0 Å². The van der Waals surface area contributed by atoms with E-state index < -0.39 is 0 Å². The third-order valence-electron chi connectivity index (χ3n) is 6.71. The molecule has 3 heterocycles. The minimum atomic E-state index is -0.00544. The highest BCUT2D eigenvalue weighted by Crippen LogP contribution is 2.25. The summed E-state index contributed by atoms with van der Waals surface area (Å²) in [5.41, 5.74) is 3.76. The van der Waals surface area contributed by atoms with E-state index in [0.717, 1.165) is 93.6 Å². The Bertz CT molecular complexity index is 987. The molecule has 2 aromatic heterocycles. The van der Waals surface area contributed by atoms with Gasteiger partial charge in [0.05, 0.1) is 12.2 Å². The van der Waals surface area contributed by atoms with Gasteiger partial charge in [0, 0.05) is 50.8 Å². The zero-order chi connectivity index (χ0) is 20.5. The summed E-state index contributed by atoms with van der Waals surface area (Å²) in [6.45, 7) is 4.31. The predicted octanol–water partition coefficient (Wildman–Crippen LogP) is 1.45. The molecular formula is C22H29N5O3. The van der Waals surface area contributed by atoms with Crippen LogP contribution in [0.1, 0.15) is 58.8 Å². The topological polar surface area (TPSA) is 84.5 Å². The number of hydrogen-bond acceptors (Lipinski definition) is 6. The Morgan fingerprint density at radius 2 is 1.73 bits per heavy atom. The number of amides is 1. The van der Waals surface area contributed by atoms with Gasteiger partial charge in [-0.15, -0.1) is 0 Å². The Balaban J connectivity index is 1.16. The molecule has 0 radical (unpaired) electrons. The van der Waals surface area contributed by atoms with Crippen LogP contribution in [0.4, 0.5) is 0 Å². The first-order chi connectivity index (χ1) is 14.7. The lowest BCUT2D eigenvalue weighted by atomic mass is 9.96. The Hall–Kier alpha value is -2.48. The molecule has 8 heteroatoms. The van der Waals surface area contributed by atoms with Gasteiger partial charge < -0.3 is 9.42 Å². The molecule has 0 N–H and O–H groups in total. The number of carbonyl (C=O) groups excluding carboxylic acids is 1. The van der Waals surface area contributed by atoms with Crippen LogP contribution in [0.15, 0.2) is 15.4 Å². The van der Waals surface area contributed by atoms with E-state index in [0.29, 0.717) is 25.3 Å². The molecule has 0 aromatic carbocycles. The van der Waals surface area contributed by atoms with Crippen molar-refractivity contribution in [2.45, 2.75) is 57.9 Å². The number of hydrogen-bond donors (Lipinski definition) is 0. The number of fused-ring (bicyclic) bond motifs is 2. The van der Waals surface area contributed by atoms with E-state index in [4.69, 9.17) is 4.52 Å². The van der Waals surface area contributed by atoms with Gasteiger partial charge >= 0.3 is 0 Å². The van der Waals surface area contributed by atoms with Crippen LogP contribution in [-0.2, 0) is 32.2 Å². The average molecular weight is 412 g/mol. The number of piperazine rings is 1. The van der Waals surface area contributed by atoms with Crippen LogP contribution in [0.2, 0.25) is 0 Å². The maximum absolute atomic E-state index is 12.9. The van der Waals surface area contributed by atoms with Gasteiger partial charge in [-0.1, -0.05) is 5.16 Å². The van der Waals surface area contributed by atoms with Crippen LogP contribution in [0, 0.1) is 0 Å². The summed E-state index contributed by atoms with van der Waals surface area (Å²) in [5.74, 6) is 0.889. The molecule has 0 bridgehead atoms. The van der Waals surface area contributed by atoms with Crippen molar-refractivity contribution in [2.75, 3.05) is 32.7 Å². The fourth-order valence-electron chi connectivity index (χ4n) is 4.87. The van der Waals surface area contributed by atoms with Crippen LogP contribution in [0.3, 0.4) is 0 Å². The second kappa shape index (κ2) is 8.34. The Morgan fingerprint density at radius 1 is 0.967 bits per heavy atom. The van der Waals surface area contributed by atoms with Gasteiger partial charge in [-0.05, 0) is 50.5 Å². The van der Waals surface area contributed by atoms with Gasteiger partial charge in [0.25, 0.3) is 11.5 Å². The molecule has 0 saturated carbocycles. The van der Waals surface area contributed by atoms with E-state index in [1.165, 1.54) is 0 Å². The molecule has 2 aromatic rings. The SMILES string of the molecule is O=C(c1noc2c1CCCC2)N1CCN(CCn2nc3c(cc2=O)CCCC3)CC1. The lowest BCUT2D eigenvalue weighted by Crippen LogP contribution is -2.50. The molecule has 1 fully saturated rings. The molecule has 0 unspecified atom stereocenters. The standard InChI is InChI=1S/C22H29N5O3/c28-20-15-16-5-1-3-7-18(16)23-27(20)14-11-25-9-12-26(13-10-25)22(29)21-17-6-2-4-8-19(17)30-24-21/h15H,1-14H2. The van der Waals surface area contributed by atoms with Crippen molar-refractivity contribution in [2.24, 2.45) is 0 Å². The number of aromatic nitrogens is 3.